The minimum Gasteiger partial charge on any atom is -0.307 e. The van der Waals surface area contributed by atoms with E-state index in [1.165, 1.54) is 11.8 Å². The Balaban J connectivity index is 1.75. The van der Waals surface area contributed by atoms with Crippen LogP contribution in [-0.2, 0) is 11.3 Å². The van der Waals surface area contributed by atoms with Gasteiger partial charge in [-0.2, -0.15) is 5.10 Å². The Hall–Kier alpha value is -2.77. The molecule has 2 aromatic heterocycles. The van der Waals surface area contributed by atoms with Gasteiger partial charge in [0.2, 0.25) is 0 Å². The smallest absolute Gasteiger partial charge is 0.263 e. The summed E-state index contributed by atoms with van der Waals surface area (Å²) in [5, 5.41) is 7.36. The van der Waals surface area contributed by atoms with Crippen LogP contribution in [-0.4, -0.2) is 25.0 Å². The van der Waals surface area contributed by atoms with E-state index in [1.54, 1.807) is 12.4 Å². The molecule has 1 saturated heterocycles. The molecule has 0 saturated carbocycles. The molecular formula is C19H14N4OS2. The van der Waals surface area contributed by atoms with Crippen molar-refractivity contribution in [3.8, 4) is 11.3 Å². The number of thioether (sulfide) groups is 1. The molecule has 0 atom stereocenters. The third-order valence-electron chi connectivity index (χ3n) is 3.84. The van der Waals surface area contributed by atoms with E-state index >= 15 is 0 Å². The lowest BCUT2D eigenvalue weighted by Gasteiger charge is -2.01. The number of nitrogens with one attached hydrogen (secondary N) is 1. The highest BCUT2D eigenvalue weighted by Gasteiger charge is 2.23. The van der Waals surface area contributed by atoms with E-state index in [0.717, 1.165) is 22.4 Å². The van der Waals surface area contributed by atoms with Crippen molar-refractivity contribution in [3.63, 3.8) is 0 Å². The van der Waals surface area contributed by atoms with E-state index in [2.05, 4.69) is 22.4 Å². The predicted octanol–water partition coefficient (Wildman–Crippen LogP) is 3.48. The first-order chi connectivity index (χ1) is 12.7. The van der Waals surface area contributed by atoms with Crippen molar-refractivity contribution in [2.75, 3.05) is 0 Å². The van der Waals surface area contributed by atoms with Gasteiger partial charge < -0.3 is 5.32 Å². The third kappa shape index (κ3) is 3.58. The largest absolute Gasteiger partial charge is 0.307 e. The number of rotatable bonds is 4. The highest BCUT2D eigenvalue weighted by atomic mass is 32.2. The van der Waals surface area contributed by atoms with Crippen LogP contribution in [0, 0.1) is 0 Å². The van der Waals surface area contributed by atoms with Crippen LogP contribution in [0.2, 0.25) is 0 Å². The van der Waals surface area contributed by atoms with Crippen LogP contribution in [0.4, 0.5) is 0 Å². The van der Waals surface area contributed by atoms with Gasteiger partial charge in [-0.15, -0.1) is 0 Å². The van der Waals surface area contributed by atoms with E-state index < -0.39 is 0 Å². The normalized spacial score (nSPS) is 15.5. The highest BCUT2D eigenvalue weighted by molar-refractivity contribution is 8.26. The second kappa shape index (κ2) is 7.23. The molecule has 3 heterocycles. The number of amides is 1. The Labute approximate surface area is 160 Å². The zero-order valence-electron chi connectivity index (χ0n) is 13.6. The summed E-state index contributed by atoms with van der Waals surface area (Å²) in [6.07, 6.45) is 7.26. The van der Waals surface area contributed by atoms with Gasteiger partial charge in [-0.3, -0.25) is 14.5 Å². The van der Waals surface area contributed by atoms with Crippen molar-refractivity contribution in [2.45, 2.75) is 6.54 Å². The fraction of sp³-hybridized carbons (Fsp3) is 0.0526. The monoisotopic (exact) mass is 378 g/mol. The quantitative estimate of drug-likeness (QED) is 0.556. The number of nitrogens with zero attached hydrogens (tertiary/aromatic N) is 3. The van der Waals surface area contributed by atoms with Crippen LogP contribution in [0.3, 0.4) is 0 Å². The van der Waals surface area contributed by atoms with Crippen LogP contribution in [0.15, 0.2) is 66.0 Å². The Morgan fingerprint density at radius 3 is 2.73 bits per heavy atom. The molecule has 1 aliphatic rings. The first kappa shape index (κ1) is 16.7. The Morgan fingerprint density at radius 1 is 1.19 bits per heavy atom. The molecule has 0 unspecified atom stereocenters. The number of hydrogen-bond acceptors (Lipinski definition) is 5. The number of pyridine rings is 1. The van der Waals surface area contributed by atoms with Gasteiger partial charge in [0.05, 0.1) is 11.4 Å². The van der Waals surface area contributed by atoms with Gasteiger partial charge in [-0.05, 0) is 23.8 Å². The number of benzene rings is 1. The summed E-state index contributed by atoms with van der Waals surface area (Å²) in [7, 11) is 0. The average molecular weight is 378 g/mol. The summed E-state index contributed by atoms with van der Waals surface area (Å²) < 4.78 is 2.35. The molecule has 0 bridgehead atoms. The van der Waals surface area contributed by atoms with E-state index in [-0.39, 0.29) is 5.91 Å². The van der Waals surface area contributed by atoms with E-state index in [0.29, 0.717) is 15.8 Å². The van der Waals surface area contributed by atoms with Gasteiger partial charge in [0.1, 0.15) is 10.0 Å². The molecule has 3 aromatic rings. The van der Waals surface area contributed by atoms with Crippen molar-refractivity contribution >= 4 is 40.3 Å². The minimum atomic E-state index is -0.173. The first-order valence-electron chi connectivity index (χ1n) is 7.96. The molecule has 0 radical (unpaired) electrons. The molecule has 5 nitrogen and oxygen atoms in total. The van der Waals surface area contributed by atoms with Gasteiger partial charge in [0, 0.05) is 29.7 Å². The summed E-state index contributed by atoms with van der Waals surface area (Å²) >= 11 is 6.33. The van der Waals surface area contributed by atoms with Crippen LogP contribution in [0.1, 0.15) is 11.1 Å². The molecular weight excluding hydrogens is 364 g/mol. The maximum atomic E-state index is 12.0. The number of thiocarbonyl (C=S) groups is 1. The Morgan fingerprint density at radius 2 is 2.04 bits per heavy atom. The third-order valence-corrected chi connectivity index (χ3v) is 5.00. The van der Waals surface area contributed by atoms with Crippen LogP contribution in [0.5, 0.6) is 0 Å². The van der Waals surface area contributed by atoms with E-state index in [4.69, 9.17) is 17.3 Å². The Kier molecular flexibility index (Phi) is 4.64. The van der Waals surface area contributed by atoms with E-state index in [9.17, 15) is 4.79 Å². The molecule has 128 valence electrons. The predicted molar refractivity (Wildman–Crippen MR) is 107 cm³/mol. The van der Waals surface area contributed by atoms with Crippen molar-refractivity contribution in [1.82, 2.24) is 20.1 Å². The lowest BCUT2D eigenvalue weighted by atomic mass is 10.1. The lowest BCUT2D eigenvalue weighted by Crippen LogP contribution is -2.17. The summed E-state index contributed by atoms with van der Waals surface area (Å²) in [5.74, 6) is -0.173. The molecule has 4 rings (SSSR count). The highest BCUT2D eigenvalue weighted by Crippen LogP contribution is 2.30. The number of aromatic nitrogens is 3. The first-order valence-corrected chi connectivity index (χ1v) is 9.18. The summed E-state index contributed by atoms with van der Waals surface area (Å²) in [6.45, 7) is 0.648. The zero-order chi connectivity index (χ0) is 17.9. The van der Waals surface area contributed by atoms with Gasteiger partial charge in [0.25, 0.3) is 5.91 Å². The number of carbonyl (C=O) groups excluding carboxylic acids is 1. The zero-order valence-corrected chi connectivity index (χ0v) is 15.3. The standard InChI is InChI=1S/C19H14N4OS2/c24-18-16(26-19(25)21-18)9-15-12-23(11-13-5-2-1-3-6-13)22-17(15)14-7-4-8-20-10-14/h1-10,12H,11H2,(H,21,24,25)/b16-9+. The summed E-state index contributed by atoms with van der Waals surface area (Å²) in [6, 6.07) is 13.9. The van der Waals surface area contributed by atoms with Crippen molar-refractivity contribution in [1.29, 1.82) is 0 Å². The molecule has 26 heavy (non-hydrogen) atoms. The van der Waals surface area contributed by atoms with Crippen molar-refractivity contribution < 1.29 is 4.79 Å². The van der Waals surface area contributed by atoms with Crippen LogP contribution < -0.4 is 5.32 Å². The molecule has 1 fully saturated rings. The van der Waals surface area contributed by atoms with E-state index in [1.807, 2.05) is 47.3 Å². The number of hydrogen-bond donors (Lipinski definition) is 1. The lowest BCUT2D eigenvalue weighted by molar-refractivity contribution is -0.115. The minimum absolute atomic E-state index is 0.173. The fourth-order valence-corrected chi connectivity index (χ4v) is 3.72. The van der Waals surface area contributed by atoms with Crippen molar-refractivity contribution in [3.05, 3.63) is 77.1 Å². The van der Waals surface area contributed by atoms with Crippen LogP contribution in [0.25, 0.3) is 17.3 Å². The summed E-state index contributed by atoms with van der Waals surface area (Å²) in [5.41, 5.74) is 3.70. The van der Waals surface area contributed by atoms with Crippen molar-refractivity contribution in [2.24, 2.45) is 0 Å². The Bertz CT molecular complexity index is 997. The van der Waals surface area contributed by atoms with Gasteiger partial charge in [-0.1, -0.05) is 54.3 Å². The van der Waals surface area contributed by atoms with Crippen LogP contribution >= 0.6 is 24.0 Å². The number of carbonyl (C=O) groups is 1. The fourth-order valence-electron chi connectivity index (χ4n) is 2.68. The molecule has 1 aliphatic heterocycles. The molecule has 1 aromatic carbocycles. The molecule has 7 heteroatoms. The molecule has 0 spiro atoms. The second-order valence-electron chi connectivity index (χ2n) is 5.71. The molecule has 1 amide bonds. The molecule has 0 aliphatic carbocycles. The average Bonchev–Trinajstić information content (AvgIpc) is 3.19. The summed E-state index contributed by atoms with van der Waals surface area (Å²) in [4.78, 5) is 16.8. The maximum Gasteiger partial charge on any atom is 0.263 e. The maximum absolute atomic E-state index is 12.0. The second-order valence-corrected chi connectivity index (χ2v) is 7.43. The topological polar surface area (TPSA) is 59.8 Å². The van der Waals surface area contributed by atoms with Gasteiger partial charge in [-0.25, -0.2) is 0 Å². The van der Waals surface area contributed by atoms with Gasteiger partial charge >= 0.3 is 0 Å². The SMILES string of the molecule is O=C1NC(=S)S/C1=C/c1cn(Cc2ccccc2)nc1-c1cccnc1. The molecule has 1 N–H and O–H groups in total. The van der Waals surface area contributed by atoms with Gasteiger partial charge in [0.15, 0.2) is 0 Å².